The quantitative estimate of drug-likeness (QED) is 0.742. The predicted octanol–water partition coefficient (Wildman–Crippen LogP) is 0.197. The van der Waals surface area contributed by atoms with Crippen molar-refractivity contribution in [2.45, 2.75) is 23.8 Å². The van der Waals surface area contributed by atoms with Crippen molar-refractivity contribution in [2.75, 3.05) is 20.3 Å². The van der Waals surface area contributed by atoms with Gasteiger partial charge in [0.25, 0.3) is 0 Å². The maximum absolute atomic E-state index is 12.3. The molecule has 2 N–H and O–H groups in total. The van der Waals surface area contributed by atoms with Gasteiger partial charge in [0, 0.05) is 33.7 Å². The molecule has 1 heterocycles. The standard InChI is InChI=1S/C14H20N2O6S/c1-14(18,6-7-21-3)9-15-23(19,20)10-4-5-12-11(8-10)16(2)13(17)22-12/h4-5,8,15,18H,6-7,9H2,1-3H3. The fraction of sp³-hybridized carbons (Fsp3) is 0.500. The first-order chi connectivity index (χ1) is 10.7. The van der Waals surface area contributed by atoms with Crippen LogP contribution in [0.15, 0.2) is 32.3 Å². The zero-order valence-corrected chi connectivity index (χ0v) is 14.0. The minimum atomic E-state index is -3.83. The van der Waals surface area contributed by atoms with E-state index in [2.05, 4.69) is 4.72 Å². The lowest BCUT2D eigenvalue weighted by molar-refractivity contribution is 0.0292. The van der Waals surface area contributed by atoms with Crippen LogP contribution in [0.4, 0.5) is 0 Å². The maximum atomic E-state index is 12.3. The number of methoxy groups -OCH3 is 1. The number of aliphatic hydroxyl groups is 1. The van der Waals surface area contributed by atoms with Gasteiger partial charge in [0.1, 0.15) is 0 Å². The Balaban J connectivity index is 2.22. The number of sulfonamides is 1. The maximum Gasteiger partial charge on any atom is 0.419 e. The number of nitrogens with zero attached hydrogens (tertiary/aromatic N) is 1. The van der Waals surface area contributed by atoms with E-state index in [-0.39, 0.29) is 11.4 Å². The number of nitrogens with one attached hydrogen (secondary N) is 1. The van der Waals surface area contributed by atoms with Gasteiger partial charge in [-0.25, -0.2) is 17.9 Å². The van der Waals surface area contributed by atoms with Crippen LogP contribution in [0.3, 0.4) is 0 Å². The van der Waals surface area contributed by atoms with Crippen LogP contribution < -0.4 is 10.5 Å². The molecule has 23 heavy (non-hydrogen) atoms. The first kappa shape index (κ1) is 17.7. The van der Waals surface area contributed by atoms with E-state index in [4.69, 9.17) is 9.15 Å². The van der Waals surface area contributed by atoms with Gasteiger partial charge in [-0.15, -0.1) is 0 Å². The second-order valence-electron chi connectivity index (χ2n) is 5.62. The summed E-state index contributed by atoms with van der Waals surface area (Å²) in [5.41, 5.74) is -0.539. The van der Waals surface area contributed by atoms with E-state index in [9.17, 15) is 18.3 Å². The monoisotopic (exact) mass is 344 g/mol. The molecule has 0 saturated carbocycles. The Hall–Kier alpha value is -1.68. The minimum absolute atomic E-state index is 0.0102. The number of oxazole rings is 1. The number of ether oxygens (including phenoxy) is 1. The molecule has 0 spiro atoms. The summed E-state index contributed by atoms with van der Waals surface area (Å²) in [4.78, 5) is 11.4. The highest BCUT2D eigenvalue weighted by Crippen LogP contribution is 2.18. The number of aromatic nitrogens is 1. The lowest BCUT2D eigenvalue weighted by Gasteiger charge is -2.23. The van der Waals surface area contributed by atoms with Crippen LogP contribution in [0.25, 0.3) is 11.1 Å². The van der Waals surface area contributed by atoms with Gasteiger partial charge < -0.3 is 14.3 Å². The summed E-state index contributed by atoms with van der Waals surface area (Å²) in [5.74, 6) is -0.565. The fourth-order valence-electron chi connectivity index (χ4n) is 2.02. The van der Waals surface area contributed by atoms with Crippen molar-refractivity contribution in [1.29, 1.82) is 0 Å². The minimum Gasteiger partial charge on any atom is -0.408 e. The molecular formula is C14H20N2O6S. The van der Waals surface area contributed by atoms with E-state index in [1.54, 1.807) is 0 Å². The van der Waals surface area contributed by atoms with Gasteiger partial charge in [-0.3, -0.25) is 4.57 Å². The number of hydrogen-bond donors (Lipinski definition) is 2. The Morgan fingerprint density at radius 1 is 1.43 bits per heavy atom. The van der Waals surface area contributed by atoms with Crippen molar-refractivity contribution >= 4 is 21.1 Å². The molecule has 8 nitrogen and oxygen atoms in total. The summed E-state index contributed by atoms with van der Waals surface area (Å²) in [5, 5.41) is 10.1. The molecule has 0 bridgehead atoms. The molecule has 2 aromatic rings. The van der Waals surface area contributed by atoms with Crippen LogP contribution >= 0.6 is 0 Å². The zero-order chi connectivity index (χ0) is 17.3. The van der Waals surface area contributed by atoms with Gasteiger partial charge in [-0.2, -0.15) is 0 Å². The van der Waals surface area contributed by atoms with Crippen LogP contribution in [-0.2, 0) is 21.8 Å². The van der Waals surface area contributed by atoms with Crippen LogP contribution in [0.2, 0.25) is 0 Å². The van der Waals surface area contributed by atoms with Gasteiger partial charge in [0.05, 0.1) is 16.0 Å². The van der Waals surface area contributed by atoms with Crippen molar-refractivity contribution in [3.63, 3.8) is 0 Å². The molecule has 128 valence electrons. The van der Waals surface area contributed by atoms with Crippen molar-refractivity contribution in [2.24, 2.45) is 7.05 Å². The highest BCUT2D eigenvalue weighted by atomic mass is 32.2. The summed E-state index contributed by atoms with van der Waals surface area (Å²) in [6.45, 7) is 1.69. The molecule has 0 saturated heterocycles. The van der Waals surface area contributed by atoms with Gasteiger partial charge in [-0.05, 0) is 25.1 Å². The third-order valence-corrected chi connectivity index (χ3v) is 4.96. The molecular weight excluding hydrogens is 324 g/mol. The average Bonchev–Trinajstić information content (AvgIpc) is 2.78. The topological polar surface area (TPSA) is 111 Å². The van der Waals surface area contributed by atoms with Crippen molar-refractivity contribution in [3.8, 4) is 0 Å². The molecule has 1 atom stereocenters. The lowest BCUT2D eigenvalue weighted by Crippen LogP contribution is -2.41. The Kier molecular flexibility index (Phi) is 4.95. The average molecular weight is 344 g/mol. The van der Waals surface area contributed by atoms with E-state index in [1.807, 2.05) is 0 Å². The number of rotatable bonds is 7. The Labute approximate surface area is 133 Å². The predicted molar refractivity (Wildman–Crippen MR) is 83.8 cm³/mol. The molecule has 1 aromatic carbocycles. The van der Waals surface area contributed by atoms with E-state index in [0.29, 0.717) is 24.1 Å². The van der Waals surface area contributed by atoms with Crippen molar-refractivity contribution in [3.05, 3.63) is 28.7 Å². The molecule has 0 aliphatic heterocycles. The van der Waals surface area contributed by atoms with Gasteiger partial charge in [-0.1, -0.05) is 0 Å². The number of fused-ring (bicyclic) bond motifs is 1. The molecule has 1 aromatic heterocycles. The summed E-state index contributed by atoms with van der Waals surface area (Å²) in [7, 11) is -0.827. The normalized spacial score (nSPS) is 15.0. The van der Waals surface area contributed by atoms with E-state index < -0.39 is 21.4 Å². The van der Waals surface area contributed by atoms with Crippen molar-refractivity contribution < 1.29 is 22.7 Å². The summed E-state index contributed by atoms with van der Waals surface area (Å²) >= 11 is 0. The van der Waals surface area contributed by atoms with Gasteiger partial charge in [0.15, 0.2) is 5.58 Å². The summed E-state index contributed by atoms with van der Waals surface area (Å²) in [6, 6.07) is 4.12. The molecule has 0 fully saturated rings. The molecule has 0 aliphatic carbocycles. The zero-order valence-electron chi connectivity index (χ0n) is 13.2. The summed E-state index contributed by atoms with van der Waals surface area (Å²) < 4.78 is 38.1. The van der Waals surface area contributed by atoms with Gasteiger partial charge in [0.2, 0.25) is 10.0 Å². The van der Waals surface area contributed by atoms with Crippen LogP contribution in [-0.4, -0.2) is 44.0 Å². The molecule has 1 unspecified atom stereocenters. The second-order valence-corrected chi connectivity index (χ2v) is 7.39. The third-order valence-electron chi connectivity index (χ3n) is 3.56. The Bertz CT molecular complexity index is 850. The Morgan fingerprint density at radius 3 is 2.78 bits per heavy atom. The molecule has 0 radical (unpaired) electrons. The third kappa shape index (κ3) is 3.99. The van der Waals surface area contributed by atoms with Crippen molar-refractivity contribution in [1.82, 2.24) is 9.29 Å². The highest BCUT2D eigenvalue weighted by molar-refractivity contribution is 7.89. The Morgan fingerprint density at radius 2 is 2.13 bits per heavy atom. The van der Waals surface area contributed by atoms with Crippen LogP contribution in [0.5, 0.6) is 0 Å². The number of benzene rings is 1. The SMILES string of the molecule is COCCC(C)(O)CNS(=O)(=O)c1ccc2oc(=O)n(C)c2c1. The smallest absolute Gasteiger partial charge is 0.408 e. The summed E-state index contributed by atoms with van der Waals surface area (Å²) in [6.07, 6.45) is 0.293. The number of hydrogen-bond acceptors (Lipinski definition) is 6. The number of aryl methyl sites for hydroxylation is 1. The first-order valence-corrected chi connectivity index (χ1v) is 8.45. The molecule has 0 amide bonds. The lowest BCUT2D eigenvalue weighted by atomic mass is 10.0. The fourth-order valence-corrected chi connectivity index (χ4v) is 3.20. The second kappa shape index (κ2) is 6.44. The first-order valence-electron chi connectivity index (χ1n) is 6.97. The van der Waals surface area contributed by atoms with Crippen LogP contribution in [0, 0.1) is 0 Å². The molecule has 9 heteroatoms. The van der Waals surface area contributed by atoms with Gasteiger partial charge >= 0.3 is 5.76 Å². The molecule has 2 rings (SSSR count). The molecule has 0 aliphatic rings. The highest BCUT2D eigenvalue weighted by Gasteiger charge is 2.24. The van der Waals surface area contributed by atoms with E-state index in [1.165, 1.54) is 43.8 Å². The largest absolute Gasteiger partial charge is 0.419 e. The van der Waals surface area contributed by atoms with Crippen LogP contribution in [0.1, 0.15) is 13.3 Å². The van der Waals surface area contributed by atoms with E-state index in [0.717, 1.165) is 0 Å². The van der Waals surface area contributed by atoms with E-state index >= 15 is 0 Å².